The van der Waals surface area contributed by atoms with Crippen LogP contribution in [-0.2, 0) is 31.0 Å². The Morgan fingerprint density at radius 1 is 1.22 bits per heavy atom. The standard InChI is InChI=1S/C25H30F3N3O5S/c1-16-4-5-20-18(12-16)24(22(33)30-20)6-8-31(9-7-24)10-11-36-17-13-19(25(26,27)28)21(29-14-17)23(2,15-32)37(3,34)35/h4-5,12-14,32H,6-11,15H2,1-3H3,(H,30,33). The molecule has 1 spiro atoms. The maximum atomic E-state index is 13.8. The molecular weight excluding hydrogens is 511 g/mol. The first-order valence-electron chi connectivity index (χ1n) is 11.9. The van der Waals surface area contributed by atoms with Crippen molar-refractivity contribution < 1.29 is 36.2 Å². The Balaban J connectivity index is 1.42. The van der Waals surface area contributed by atoms with E-state index in [0.717, 1.165) is 42.3 Å². The number of fused-ring (bicyclic) bond motifs is 2. The Hall–Kier alpha value is -2.70. The highest BCUT2D eigenvalue weighted by Crippen LogP contribution is 2.45. The van der Waals surface area contributed by atoms with Gasteiger partial charge in [0.05, 0.1) is 29.5 Å². The molecule has 37 heavy (non-hydrogen) atoms. The Morgan fingerprint density at radius 2 is 1.89 bits per heavy atom. The summed E-state index contributed by atoms with van der Waals surface area (Å²) < 4.78 is 69.0. The zero-order valence-electron chi connectivity index (χ0n) is 20.9. The molecule has 2 N–H and O–H groups in total. The molecule has 2 aromatic rings. The largest absolute Gasteiger partial charge is 0.491 e. The van der Waals surface area contributed by atoms with Gasteiger partial charge in [0.1, 0.15) is 17.1 Å². The number of hydrogen-bond acceptors (Lipinski definition) is 7. The molecule has 8 nitrogen and oxygen atoms in total. The van der Waals surface area contributed by atoms with E-state index in [9.17, 15) is 31.5 Å². The van der Waals surface area contributed by atoms with Gasteiger partial charge >= 0.3 is 6.18 Å². The van der Waals surface area contributed by atoms with Gasteiger partial charge in [0.15, 0.2) is 9.84 Å². The fourth-order valence-electron chi connectivity index (χ4n) is 5.00. The number of anilines is 1. The molecular formula is C25H30F3N3O5S. The van der Waals surface area contributed by atoms with Crippen molar-refractivity contribution in [2.24, 2.45) is 0 Å². The van der Waals surface area contributed by atoms with Crippen molar-refractivity contribution in [3.8, 4) is 5.75 Å². The molecule has 2 aliphatic rings. The molecule has 1 saturated heterocycles. The van der Waals surface area contributed by atoms with E-state index >= 15 is 0 Å². The average molecular weight is 542 g/mol. The fourth-order valence-corrected chi connectivity index (χ4v) is 5.75. The zero-order valence-corrected chi connectivity index (χ0v) is 21.7. The van der Waals surface area contributed by atoms with Crippen molar-refractivity contribution in [1.29, 1.82) is 0 Å². The van der Waals surface area contributed by atoms with Crippen molar-refractivity contribution in [1.82, 2.24) is 9.88 Å². The maximum Gasteiger partial charge on any atom is 0.418 e. The summed E-state index contributed by atoms with van der Waals surface area (Å²) in [6.45, 7) is 3.70. The van der Waals surface area contributed by atoms with Crippen LogP contribution in [0.2, 0.25) is 0 Å². The number of ether oxygens (including phenoxy) is 1. The Bertz CT molecular complexity index is 1310. The van der Waals surface area contributed by atoms with Crippen molar-refractivity contribution >= 4 is 21.4 Å². The summed E-state index contributed by atoms with van der Waals surface area (Å²) in [5.41, 5.74) is 0.329. The van der Waals surface area contributed by atoms with E-state index in [1.807, 2.05) is 25.1 Å². The van der Waals surface area contributed by atoms with Gasteiger partial charge in [-0.05, 0) is 57.5 Å². The highest BCUT2D eigenvalue weighted by molar-refractivity contribution is 7.91. The van der Waals surface area contributed by atoms with Gasteiger partial charge in [-0.25, -0.2) is 8.42 Å². The van der Waals surface area contributed by atoms with Gasteiger partial charge in [-0.1, -0.05) is 17.7 Å². The third-order valence-corrected chi connectivity index (χ3v) is 9.51. The summed E-state index contributed by atoms with van der Waals surface area (Å²) in [7, 11) is -4.12. The quantitative estimate of drug-likeness (QED) is 0.555. The number of benzene rings is 1. The molecule has 1 amide bonds. The molecule has 202 valence electrons. The van der Waals surface area contributed by atoms with Crippen molar-refractivity contribution in [3.05, 3.63) is 52.8 Å². The minimum atomic E-state index is -4.90. The predicted octanol–water partition coefficient (Wildman–Crippen LogP) is 3.03. The second-order valence-corrected chi connectivity index (χ2v) is 12.4. The number of piperidine rings is 1. The Labute approximate surface area is 213 Å². The van der Waals surface area contributed by atoms with Crippen LogP contribution >= 0.6 is 0 Å². The van der Waals surface area contributed by atoms with Crippen LogP contribution in [0.5, 0.6) is 5.75 Å². The van der Waals surface area contributed by atoms with E-state index in [4.69, 9.17) is 4.74 Å². The number of aliphatic hydroxyl groups is 1. The number of nitrogens with one attached hydrogen (secondary N) is 1. The van der Waals surface area contributed by atoms with Crippen LogP contribution in [0, 0.1) is 6.92 Å². The van der Waals surface area contributed by atoms with E-state index in [0.29, 0.717) is 32.5 Å². The van der Waals surface area contributed by atoms with E-state index in [-0.39, 0.29) is 18.3 Å². The third-order valence-electron chi connectivity index (χ3n) is 7.55. The van der Waals surface area contributed by atoms with Gasteiger partial charge in [0.2, 0.25) is 5.91 Å². The second kappa shape index (κ2) is 9.55. The molecule has 0 saturated carbocycles. The third kappa shape index (κ3) is 4.94. The summed E-state index contributed by atoms with van der Waals surface area (Å²) >= 11 is 0. The number of sulfone groups is 1. The number of amides is 1. The predicted molar refractivity (Wildman–Crippen MR) is 131 cm³/mol. The summed E-state index contributed by atoms with van der Waals surface area (Å²) in [4.78, 5) is 18.7. The molecule has 3 heterocycles. The molecule has 1 aromatic carbocycles. The number of nitrogens with zero attached hydrogens (tertiary/aromatic N) is 2. The molecule has 1 unspecified atom stereocenters. The summed E-state index contributed by atoms with van der Waals surface area (Å²) in [5.74, 6) is -0.156. The number of pyridine rings is 1. The number of aromatic nitrogens is 1. The van der Waals surface area contributed by atoms with E-state index < -0.39 is 44.0 Å². The van der Waals surface area contributed by atoms with Gasteiger partial charge in [-0.15, -0.1) is 0 Å². The number of carbonyl (C=O) groups excluding carboxylic acids is 1. The molecule has 4 rings (SSSR count). The molecule has 1 atom stereocenters. The van der Waals surface area contributed by atoms with E-state index in [1.54, 1.807) is 0 Å². The number of carbonyl (C=O) groups is 1. The Morgan fingerprint density at radius 3 is 2.49 bits per heavy atom. The number of hydrogen-bond donors (Lipinski definition) is 2. The van der Waals surface area contributed by atoms with Crippen LogP contribution < -0.4 is 10.1 Å². The number of halogens is 3. The lowest BCUT2D eigenvalue weighted by molar-refractivity contribution is -0.139. The highest BCUT2D eigenvalue weighted by Gasteiger charge is 2.49. The molecule has 0 aliphatic carbocycles. The van der Waals surface area contributed by atoms with Crippen molar-refractivity contribution in [2.45, 2.75) is 43.0 Å². The van der Waals surface area contributed by atoms with Gasteiger partial charge in [0, 0.05) is 18.5 Å². The molecule has 2 aliphatic heterocycles. The lowest BCUT2D eigenvalue weighted by Crippen LogP contribution is -2.47. The van der Waals surface area contributed by atoms with Crippen LogP contribution in [0.15, 0.2) is 30.5 Å². The van der Waals surface area contributed by atoms with Gasteiger partial charge in [-0.3, -0.25) is 14.7 Å². The summed E-state index contributed by atoms with van der Waals surface area (Å²) in [6.07, 6.45) is -1.87. The number of rotatable bonds is 7. The Kier molecular flexibility index (Phi) is 7.06. The zero-order chi connectivity index (χ0) is 27.2. The topological polar surface area (TPSA) is 109 Å². The van der Waals surface area contributed by atoms with Crippen LogP contribution in [0.1, 0.15) is 42.1 Å². The number of aliphatic hydroxyl groups excluding tert-OH is 1. The number of likely N-dealkylation sites (tertiary alicyclic amines) is 1. The average Bonchev–Trinajstić information content (AvgIpc) is 3.09. The monoisotopic (exact) mass is 541 g/mol. The molecule has 0 bridgehead atoms. The van der Waals surface area contributed by atoms with Crippen LogP contribution in [0.25, 0.3) is 0 Å². The minimum Gasteiger partial charge on any atom is -0.491 e. The molecule has 1 aromatic heterocycles. The highest BCUT2D eigenvalue weighted by atomic mass is 32.2. The minimum absolute atomic E-state index is 0.00110. The first-order chi connectivity index (χ1) is 17.2. The first kappa shape index (κ1) is 27.3. The van der Waals surface area contributed by atoms with Gasteiger partial charge < -0.3 is 15.2 Å². The second-order valence-electron chi connectivity index (χ2n) is 10.0. The number of aryl methyl sites for hydroxylation is 1. The van der Waals surface area contributed by atoms with Crippen LogP contribution in [-0.4, -0.2) is 68.4 Å². The van der Waals surface area contributed by atoms with Crippen molar-refractivity contribution in [2.75, 3.05) is 44.4 Å². The lowest BCUT2D eigenvalue weighted by atomic mass is 9.73. The number of alkyl halides is 3. The SMILES string of the molecule is Cc1ccc2c(c1)C1(CCN(CCOc3cnc(C(C)(CO)S(C)(=O)=O)c(C(F)(F)F)c3)CC1)C(=O)N2. The van der Waals surface area contributed by atoms with Crippen LogP contribution in [0.4, 0.5) is 18.9 Å². The summed E-state index contributed by atoms with van der Waals surface area (Å²) in [5, 5.41) is 12.6. The van der Waals surface area contributed by atoms with Crippen molar-refractivity contribution in [3.63, 3.8) is 0 Å². The maximum absolute atomic E-state index is 13.8. The smallest absolute Gasteiger partial charge is 0.418 e. The van der Waals surface area contributed by atoms with Gasteiger partial charge in [-0.2, -0.15) is 13.2 Å². The summed E-state index contributed by atoms with van der Waals surface area (Å²) in [6, 6.07) is 6.65. The molecule has 0 radical (unpaired) electrons. The normalized spacial score (nSPS) is 19.4. The molecule has 12 heteroatoms. The lowest BCUT2D eigenvalue weighted by Gasteiger charge is -2.38. The fraction of sp³-hybridized carbons (Fsp3) is 0.520. The van der Waals surface area contributed by atoms with E-state index in [2.05, 4.69) is 15.2 Å². The molecule has 1 fully saturated rings. The van der Waals surface area contributed by atoms with Gasteiger partial charge in [0.25, 0.3) is 0 Å². The first-order valence-corrected chi connectivity index (χ1v) is 13.8. The van der Waals surface area contributed by atoms with E-state index in [1.165, 1.54) is 0 Å². The van der Waals surface area contributed by atoms with Crippen LogP contribution in [0.3, 0.4) is 0 Å².